The summed E-state index contributed by atoms with van der Waals surface area (Å²) in [5, 5.41) is 0.170. The van der Waals surface area contributed by atoms with E-state index in [4.69, 9.17) is 4.74 Å². The van der Waals surface area contributed by atoms with E-state index in [-0.39, 0.29) is 68.0 Å². The number of alkyl halides is 3. The van der Waals surface area contributed by atoms with Gasteiger partial charge < -0.3 is 14.7 Å². The molecule has 3 rings (SSSR count). The third-order valence-corrected chi connectivity index (χ3v) is 4.56. The van der Waals surface area contributed by atoms with Gasteiger partial charge >= 0.3 is 57.6 Å². The van der Waals surface area contributed by atoms with Crippen LogP contribution in [0.15, 0.2) is 41.7 Å². The van der Waals surface area contributed by atoms with Gasteiger partial charge in [-0.25, -0.2) is 0 Å². The number of halogens is 3. The maximum Gasteiger partial charge on any atom is 1.00 e. The van der Waals surface area contributed by atoms with Crippen molar-refractivity contribution < 1.29 is 73.5 Å². The van der Waals surface area contributed by atoms with Gasteiger partial charge in [0, 0.05) is 16.9 Å². The minimum atomic E-state index is -4.43. The van der Waals surface area contributed by atoms with Crippen molar-refractivity contribution in [3.8, 4) is 5.75 Å². The molecule has 10 heteroatoms. The molecule has 1 unspecified atom stereocenters. The van der Waals surface area contributed by atoms with E-state index in [0.29, 0.717) is 22.3 Å². The number of aromatic nitrogens is 3. The van der Waals surface area contributed by atoms with Crippen LogP contribution in [0.25, 0.3) is 11.0 Å². The molecule has 26 heavy (non-hydrogen) atoms. The Morgan fingerprint density at radius 3 is 2.65 bits per heavy atom. The normalized spacial score (nSPS) is 12.6. The zero-order chi connectivity index (χ0) is 18.0. The van der Waals surface area contributed by atoms with E-state index in [0.717, 1.165) is 0 Å². The molecule has 1 aromatic carbocycles. The molecule has 0 amide bonds. The van der Waals surface area contributed by atoms with Gasteiger partial charge in [-0.15, -0.1) is 0 Å². The third kappa shape index (κ3) is 5.36. The monoisotopic (exact) mass is 407 g/mol. The number of pyridine rings is 1. The molecule has 2 heterocycles. The molecule has 0 saturated heterocycles. The van der Waals surface area contributed by atoms with Gasteiger partial charge in [-0.1, -0.05) is 24.3 Å². The standard InChI is InChI=1S/C16H13F3N3O2S.K/c1-10-13(20-7-6-14(10)24-9-16(17,18)19)8-25(23)15-21-11-4-2-3-5-12(11)22-15;/h2-7H,8-9H2,1H3;/q-1;+1. The number of imidazole rings is 1. The quantitative estimate of drug-likeness (QED) is 0.564. The largest absolute Gasteiger partial charge is 1.00 e. The average Bonchev–Trinajstić information content (AvgIpc) is 2.99. The second kappa shape index (κ2) is 8.94. The number of fused-ring (bicyclic) bond motifs is 1. The van der Waals surface area contributed by atoms with E-state index in [1.54, 1.807) is 31.2 Å². The van der Waals surface area contributed by atoms with Gasteiger partial charge in [0.2, 0.25) is 0 Å². The fourth-order valence-corrected chi connectivity index (χ4v) is 3.26. The van der Waals surface area contributed by atoms with Crippen LogP contribution in [0.4, 0.5) is 13.2 Å². The summed E-state index contributed by atoms with van der Waals surface area (Å²) in [4.78, 5) is 12.5. The molecule has 0 aliphatic heterocycles. The van der Waals surface area contributed by atoms with Crippen LogP contribution < -0.4 is 61.1 Å². The Labute approximate surface area is 192 Å². The number of hydrogen-bond donors (Lipinski definition) is 0. The average molecular weight is 407 g/mol. The van der Waals surface area contributed by atoms with Crippen molar-refractivity contribution in [1.29, 1.82) is 0 Å². The minimum absolute atomic E-state index is 0. The van der Waals surface area contributed by atoms with Gasteiger partial charge in [-0.2, -0.15) is 13.2 Å². The van der Waals surface area contributed by atoms with Crippen molar-refractivity contribution in [2.24, 2.45) is 0 Å². The van der Waals surface area contributed by atoms with Crippen molar-refractivity contribution in [3.63, 3.8) is 0 Å². The van der Waals surface area contributed by atoms with Crippen LogP contribution in [0.3, 0.4) is 0 Å². The minimum Gasteiger partial charge on any atom is -0.484 e. The summed E-state index contributed by atoms with van der Waals surface area (Å²) in [6, 6.07) is 8.48. The van der Waals surface area contributed by atoms with Gasteiger partial charge in [-0.05, 0) is 24.0 Å². The van der Waals surface area contributed by atoms with Crippen molar-refractivity contribution in [3.05, 3.63) is 47.8 Å². The van der Waals surface area contributed by atoms with E-state index in [1.807, 2.05) is 0 Å². The number of nitrogens with zero attached hydrogens (tertiary/aromatic N) is 3. The number of hydrogen-bond acceptors (Lipinski definition) is 4. The Balaban J connectivity index is 0.00000243. The summed E-state index contributed by atoms with van der Waals surface area (Å²) < 4.78 is 54.2. The second-order valence-electron chi connectivity index (χ2n) is 5.27. The smallest absolute Gasteiger partial charge is 0.484 e. The zero-order valence-corrected chi connectivity index (χ0v) is 18.0. The van der Waals surface area contributed by atoms with Crippen LogP contribution in [0, 0.1) is 6.92 Å². The summed E-state index contributed by atoms with van der Waals surface area (Å²) in [6.45, 7) is 0.186. The van der Waals surface area contributed by atoms with Crippen LogP contribution in [0.2, 0.25) is 0 Å². The molecule has 0 radical (unpaired) electrons. The summed E-state index contributed by atoms with van der Waals surface area (Å²) in [6.07, 6.45) is -3.10. The summed E-state index contributed by atoms with van der Waals surface area (Å²) in [5.74, 6) is 0.0543. The van der Waals surface area contributed by atoms with Crippen molar-refractivity contribution >= 4 is 21.8 Å². The molecule has 0 aliphatic rings. The molecule has 132 valence electrons. The van der Waals surface area contributed by atoms with Gasteiger partial charge in [-0.3, -0.25) is 9.19 Å². The van der Waals surface area contributed by atoms with E-state index in [1.165, 1.54) is 12.3 Å². The van der Waals surface area contributed by atoms with Crippen molar-refractivity contribution in [1.82, 2.24) is 15.0 Å². The Morgan fingerprint density at radius 1 is 1.23 bits per heavy atom. The molecule has 0 fully saturated rings. The van der Waals surface area contributed by atoms with Gasteiger partial charge in [0.1, 0.15) is 5.75 Å². The Morgan fingerprint density at radius 2 is 1.96 bits per heavy atom. The summed E-state index contributed by atoms with van der Waals surface area (Å²) in [5.41, 5.74) is 2.07. The zero-order valence-electron chi connectivity index (χ0n) is 14.1. The first-order valence-corrected chi connectivity index (χ1v) is 8.57. The van der Waals surface area contributed by atoms with E-state index in [2.05, 4.69) is 15.0 Å². The summed E-state index contributed by atoms with van der Waals surface area (Å²) >= 11 is 0. The van der Waals surface area contributed by atoms with Crippen molar-refractivity contribution in [2.75, 3.05) is 6.61 Å². The van der Waals surface area contributed by atoms with Crippen LogP contribution >= 0.6 is 0 Å². The topological polar surface area (TPSA) is 66.2 Å². The number of ether oxygens (including phenoxy) is 1. The van der Waals surface area contributed by atoms with Crippen LogP contribution in [0.5, 0.6) is 5.75 Å². The Kier molecular flexibility index (Phi) is 7.40. The van der Waals surface area contributed by atoms with E-state index < -0.39 is 23.6 Å². The van der Waals surface area contributed by atoms with E-state index >= 15 is 0 Å². The molecule has 0 spiro atoms. The maximum absolute atomic E-state index is 12.5. The predicted octanol–water partition coefficient (Wildman–Crippen LogP) is 0.148. The predicted molar refractivity (Wildman–Crippen MR) is 85.7 cm³/mol. The molecule has 1 atom stereocenters. The first-order valence-electron chi connectivity index (χ1n) is 7.25. The molecular weight excluding hydrogens is 394 g/mol. The maximum atomic E-state index is 12.5. The molecule has 0 bridgehead atoms. The van der Waals surface area contributed by atoms with Crippen molar-refractivity contribution in [2.45, 2.75) is 24.0 Å². The fourth-order valence-electron chi connectivity index (χ4n) is 2.20. The Bertz CT molecular complexity index is 897. The molecule has 0 saturated carbocycles. The fraction of sp³-hybridized carbons (Fsp3) is 0.250. The number of benzene rings is 1. The number of rotatable bonds is 5. The van der Waals surface area contributed by atoms with Gasteiger partial charge in [0.15, 0.2) is 6.61 Å². The molecule has 3 aromatic rings. The number of para-hydroxylation sites is 2. The summed E-state index contributed by atoms with van der Waals surface area (Å²) in [7, 11) is -1.57. The van der Waals surface area contributed by atoms with Crippen LogP contribution in [-0.4, -0.2) is 27.0 Å². The Hall–Kier alpha value is -0.784. The molecule has 0 aliphatic carbocycles. The SMILES string of the molecule is Cc1c(OCC(F)(F)F)ccnc1CS(=O)c1nc2ccccc2[n-]1.[K+]. The second-order valence-corrected chi connectivity index (χ2v) is 6.61. The molecular formula is C16H13F3KN3O2S. The molecule has 0 N–H and O–H groups in total. The van der Waals surface area contributed by atoms with Crippen LogP contribution in [0.1, 0.15) is 11.3 Å². The van der Waals surface area contributed by atoms with Gasteiger partial charge in [0.25, 0.3) is 0 Å². The first kappa shape index (κ1) is 21.5. The molecule has 2 aromatic heterocycles. The van der Waals surface area contributed by atoms with Crippen LogP contribution in [-0.2, 0) is 16.6 Å². The molecule has 5 nitrogen and oxygen atoms in total. The first-order chi connectivity index (χ1) is 11.8. The third-order valence-electron chi connectivity index (χ3n) is 3.44. The van der Waals surface area contributed by atoms with Gasteiger partial charge in [0.05, 0.1) is 22.2 Å². The van der Waals surface area contributed by atoms with E-state index in [9.17, 15) is 17.4 Å².